The highest BCUT2D eigenvalue weighted by molar-refractivity contribution is 9.10. The van der Waals surface area contributed by atoms with Crippen LogP contribution in [0.15, 0.2) is 35.1 Å². The van der Waals surface area contributed by atoms with Crippen LogP contribution >= 0.6 is 27.5 Å². The minimum Gasteiger partial charge on any atom is -0.321 e. The van der Waals surface area contributed by atoms with Crippen molar-refractivity contribution < 1.29 is 4.79 Å². The van der Waals surface area contributed by atoms with Crippen molar-refractivity contribution in [3.8, 4) is 0 Å². The number of aromatic nitrogens is 2. The number of rotatable bonds is 2. The second-order valence-corrected chi connectivity index (χ2v) is 4.85. The topological polar surface area (TPSA) is 54.9 Å². The highest BCUT2D eigenvalue weighted by Crippen LogP contribution is 2.23. The van der Waals surface area contributed by atoms with E-state index in [0.29, 0.717) is 20.9 Å². The minimum atomic E-state index is -0.212. The molecule has 1 amide bonds. The Kier molecular flexibility index (Phi) is 3.93. The van der Waals surface area contributed by atoms with Crippen molar-refractivity contribution in [3.05, 3.63) is 51.5 Å². The maximum absolute atomic E-state index is 11.9. The lowest BCUT2D eigenvalue weighted by Crippen LogP contribution is -2.12. The Labute approximate surface area is 118 Å². The summed E-state index contributed by atoms with van der Waals surface area (Å²) in [4.78, 5) is 19.9. The Morgan fingerprint density at radius 3 is 2.83 bits per heavy atom. The highest BCUT2D eigenvalue weighted by atomic mass is 79.9. The Balaban J connectivity index is 2.18. The number of pyridine rings is 2. The third-order valence-corrected chi connectivity index (χ3v) is 3.35. The van der Waals surface area contributed by atoms with E-state index < -0.39 is 0 Å². The second-order valence-electron chi connectivity index (χ2n) is 3.64. The molecule has 2 rings (SSSR count). The monoisotopic (exact) mass is 325 g/mol. The maximum Gasteiger partial charge on any atom is 0.255 e. The number of halogens is 2. The number of aryl methyl sites for hydroxylation is 1. The minimum absolute atomic E-state index is 0.212. The van der Waals surface area contributed by atoms with Gasteiger partial charge in [0.2, 0.25) is 0 Å². The Morgan fingerprint density at radius 2 is 2.17 bits per heavy atom. The van der Waals surface area contributed by atoms with Crippen molar-refractivity contribution in [3.63, 3.8) is 0 Å². The predicted octanol–water partition coefficient (Wildman–Crippen LogP) is 3.45. The van der Waals surface area contributed by atoms with Gasteiger partial charge in [0.25, 0.3) is 5.91 Å². The number of carbonyl (C=O) groups is 1. The average molecular weight is 327 g/mol. The Bertz CT molecular complexity index is 604. The summed E-state index contributed by atoms with van der Waals surface area (Å²) >= 11 is 9.02. The molecule has 18 heavy (non-hydrogen) atoms. The number of amides is 1. The summed E-state index contributed by atoms with van der Waals surface area (Å²) in [5.74, 6) is -0.212. The van der Waals surface area contributed by atoms with Crippen molar-refractivity contribution in [1.29, 1.82) is 0 Å². The number of hydrogen-bond acceptors (Lipinski definition) is 3. The summed E-state index contributed by atoms with van der Waals surface area (Å²) < 4.78 is 0.632. The lowest BCUT2D eigenvalue weighted by Gasteiger charge is -2.06. The van der Waals surface area contributed by atoms with E-state index in [9.17, 15) is 4.79 Å². The molecule has 2 heterocycles. The van der Waals surface area contributed by atoms with Crippen LogP contribution in [-0.2, 0) is 0 Å². The van der Waals surface area contributed by atoms with Gasteiger partial charge in [0, 0.05) is 17.5 Å². The molecule has 0 radical (unpaired) electrons. The van der Waals surface area contributed by atoms with Gasteiger partial charge in [0.05, 0.1) is 16.4 Å². The van der Waals surface area contributed by atoms with Crippen LogP contribution in [0.3, 0.4) is 0 Å². The third-order valence-electron chi connectivity index (χ3n) is 2.21. The van der Waals surface area contributed by atoms with E-state index in [0.717, 1.165) is 5.69 Å². The van der Waals surface area contributed by atoms with E-state index in [1.165, 1.54) is 6.20 Å². The third kappa shape index (κ3) is 3.05. The quantitative estimate of drug-likeness (QED) is 0.860. The molecule has 0 atom stereocenters. The molecule has 92 valence electrons. The number of nitrogens with one attached hydrogen (secondary N) is 1. The summed E-state index contributed by atoms with van der Waals surface area (Å²) in [6.07, 6.45) is 3.10. The van der Waals surface area contributed by atoms with Crippen LogP contribution < -0.4 is 5.32 Å². The van der Waals surface area contributed by atoms with Crippen LogP contribution in [0.2, 0.25) is 5.15 Å². The number of hydrogen-bond donors (Lipinski definition) is 1. The number of anilines is 1. The largest absolute Gasteiger partial charge is 0.321 e. The summed E-state index contributed by atoms with van der Waals surface area (Å²) in [6.45, 7) is 1.83. The van der Waals surface area contributed by atoms with Crippen molar-refractivity contribution in [2.75, 3.05) is 5.32 Å². The Hall–Kier alpha value is -1.46. The SMILES string of the molecule is Cc1cc(C(=O)Nc2cnc(Cl)c(Br)c2)ccn1. The molecule has 0 fully saturated rings. The van der Waals surface area contributed by atoms with Gasteiger partial charge in [-0.3, -0.25) is 9.78 Å². The van der Waals surface area contributed by atoms with Crippen molar-refractivity contribution >= 4 is 39.1 Å². The lowest BCUT2D eigenvalue weighted by atomic mass is 10.2. The highest BCUT2D eigenvalue weighted by Gasteiger charge is 2.08. The maximum atomic E-state index is 11.9. The van der Waals surface area contributed by atoms with E-state index in [-0.39, 0.29) is 5.91 Å². The van der Waals surface area contributed by atoms with Gasteiger partial charge in [0.1, 0.15) is 5.15 Å². The van der Waals surface area contributed by atoms with Gasteiger partial charge >= 0.3 is 0 Å². The van der Waals surface area contributed by atoms with E-state index in [1.807, 2.05) is 6.92 Å². The van der Waals surface area contributed by atoms with Gasteiger partial charge in [-0.2, -0.15) is 0 Å². The normalized spacial score (nSPS) is 10.2. The fraction of sp³-hybridized carbons (Fsp3) is 0.0833. The molecule has 2 aromatic heterocycles. The molecule has 2 aromatic rings. The Morgan fingerprint density at radius 1 is 1.39 bits per heavy atom. The van der Waals surface area contributed by atoms with Crippen molar-refractivity contribution in [1.82, 2.24) is 9.97 Å². The molecule has 0 aliphatic carbocycles. The summed E-state index contributed by atoms with van der Waals surface area (Å²) in [6, 6.07) is 5.07. The van der Waals surface area contributed by atoms with E-state index in [4.69, 9.17) is 11.6 Å². The second kappa shape index (κ2) is 5.46. The smallest absolute Gasteiger partial charge is 0.255 e. The molecular weight excluding hydrogens is 318 g/mol. The zero-order valence-corrected chi connectivity index (χ0v) is 11.8. The molecule has 0 aromatic carbocycles. The first kappa shape index (κ1) is 13.0. The van der Waals surface area contributed by atoms with E-state index >= 15 is 0 Å². The zero-order valence-electron chi connectivity index (χ0n) is 9.45. The first-order valence-corrected chi connectivity index (χ1v) is 6.28. The first-order chi connectivity index (χ1) is 8.56. The summed E-state index contributed by atoms with van der Waals surface area (Å²) in [5, 5.41) is 3.09. The molecular formula is C12H9BrClN3O. The fourth-order valence-corrected chi connectivity index (χ4v) is 1.83. The molecule has 0 aliphatic heterocycles. The molecule has 6 heteroatoms. The summed E-state index contributed by atoms with van der Waals surface area (Å²) in [5.41, 5.74) is 1.91. The van der Waals surface area contributed by atoms with Crippen molar-refractivity contribution in [2.24, 2.45) is 0 Å². The van der Waals surface area contributed by atoms with Crippen LogP contribution in [0.1, 0.15) is 16.1 Å². The molecule has 4 nitrogen and oxygen atoms in total. The summed E-state index contributed by atoms with van der Waals surface area (Å²) in [7, 11) is 0. The fourth-order valence-electron chi connectivity index (χ4n) is 1.38. The van der Waals surface area contributed by atoms with Crippen LogP contribution in [0.5, 0.6) is 0 Å². The van der Waals surface area contributed by atoms with Gasteiger partial charge in [-0.1, -0.05) is 11.6 Å². The van der Waals surface area contributed by atoms with Crippen molar-refractivity contribution in [2.45, 2.75) is 6.92 Å². The molecule has 0 aliphatic rings. The molecule has 0 saturated heterocycles. The average Bonchev–Trinajstić information content (AvgIpc) is 2.34. The zero-order chi connectivity index (χ0) is 13.1. The van der Waals surface area contributed by atoms with Gasteiger partial charge < -0.3 is 5.32 Å². The van der Waals surface area contributed by atoms with Crippen LogP contribution in [0.25, 0.3) is 0 Å². The van der Waals surface area contributed by atoms with E-state index in [1.54, 1.807) is 24.4 Å². The van der Waals surface area contributed by atoms with Gasteiger partial charge in [-0.15, -0.1) is 0 Å². The van der Waals surface area contributed by atoms with E-state index in [2.05, 4.69) is 31.2 Å². The standard InChI is InChI=1S/C12H9BrClN3O/c1-7-4-8(2-3-15-7)12(18)17-9-5-10(13)11(14)16-6-9/h2-6H,1H3,(H,17,18). The predicted molar refractivity (Wildman–Crippen MR) is 73.9 cm³/mol. The van der Waals surface area contributed by atoms with Gasteiger partial charge in [-0.05, 0) is 41.1 Å². The molecule has 0 bridgehead atoms. The molecule has 0 unspecified atom stereocenters. The van der Waals surface area contributed by atoms with Crippen LogP contribution in [0, 0.1) is 6.92 Å². The number of carbonyl (C=O) groups excluding carboxylic acids is 1. The first-order valence-electron chi connectivity index (χ1n) is 5.11. The van der Waals surface area contributed by atoms with Gasteiger partial charge in [0.15, 0.2) is 0 Å². The molecule has 1 N–H and O–H groups in total. The number of nitrogens with zero attached hydrogens (tertiary/aromatic N) is 2. The van der Waals surface area contributed by atoms with Crippen LogP contribution in [0.4, 0.5) is 5.69 Å². The van der Waals surface area contributed by atoms with Gasteiger partial charge in [-0.25, -0.2) is 4.98 Å². The molecule has 0 spiro atoms. The molecule has 0 saturated carbocycles. The van der Waals surface area contributed by atoms with Crippen LogP contribution in [-0.4, -0.2) is 15.9 Å². The lowest BCUT2D eigenvalue weighted by molar-refractivity contribution is 0.102.